The minimum Gasteiger partial charge on any atom is -0.466 e. The Morgan fingerprint density at radius 3 is 2.50 bits per heavy atom. The third-order valence-corrected chi connectivity index (χ3v) is 2.42. The predicted octanol–water partition coefficient (Wildman–Crippen LogP) is 2.21. The van der Waals surface area contributed by atoms with Gasteiger partial charge in [0.15, 0.2) is 0 Å². The van der Waals surface area contributed by atoms with Gasteiger partial charge in [0, 0.05) is 6.92 Å². The van der Waals surface area contributed by atoms with E-state index in [1.54, 1.807) is 0 Å². The molecule has 0 aliphatic carbocycles. The Balaban J connectivity index is 2.67. The van der Waals surface area contributed by atoms with E-state index in [4.69, 9.17) is 4.74 Å². The van der Waals surface area contributed by atoms with Crippen molar-refractivity contribution < 1.29 is 14.3 Å². The molecule has 0 unspecified atom stereocenters. The SMILES string of the molecule is CCCOC(=O)C[C@@H](NC(C)=O)c1ccccc1. The fraction of sp³-hybridized carbons (Fsp3) is 0.429. The Kier molecular flexibility index (Phi) is 5.91. The molecule has 0 aromatic heterocycles. The summed E-state index contributed by atoms with van der Waals surface area (Å²) < 4.78 is 5.03. The van der Waals surface area contributed by atoms with Crippen molar-refractivity contribution >= 4 is 11.9 Å². The molecule has 1 atom stereocenters. The van der Waals surface area contributed by atoms with Gasteiger partial charge >= 0.3 is 5.97 Å². The second-order valence-electron chi connectivity index (χ2n) is 4.09. The molecule has 4 heteroatoms. The van der Waals surface area contributed by atoms with Gasteiger partial charge in [-0.1, -0.05) is 37.3 Å². The molecule has 18 heavy (non-hydrogen) atoms. The van der Waals surface area contributed by atoms with E-state index < -0.39 is 0 Å². The molecule has 4 nitrogen and oxygen atoms in total. The van der Waals surface area contributed by atoms with Crippen molar-refractivity contribution in [3.63, 3.8) is 0 Å². The van der Waals surface area contributed by atoms with Gasteiger partial charge in [0.05, 0.1) is 19.1 Å². The second kappa shape index (κ2) is 7.48. The number of esters is 1. The van der Waals surface area contributed by atoms with Crippen LogP contribution in [0.4, 0.5) is 0 Å². The van der Waals surface area contributed by atoms with Crippen LogP contribution in [0.3, 0.4) is 0 Å². The van der Waals surface area contributed by atoms with Crippen molar-refractivity contribution in [2.24, 2.45) is 0 Å². The lowest BCUT2D eigenvalue weighted by Crippen LogP contribution is -2.28. The summed E-state index contributed by atoms with van der Waals surface area (Å²) in [4.78, 5) is 22.8. The molecule has 0 saturated carbocycles. The van der Waals surface area contributed by atoms with E-state index in [0.717, 1.165) is 12.0 Å². The van der Waals surface area contributed by atoms with Crippen LogP contribution in [0.25, 0.3) is 0 Å². The minimum atomic E-state index is -0.326. The van der Waals surface area contributed by atoms with Crippen LogP contribution in [0.15, 0.2) is 30.3 Å². The molecule has 0 saturated heterocycles. The van der Waals surface area contributed by atoms with E-state index in [9.17, 15) is 9.59 Å². The number of amides is 1. The lowest BCUT2D eigenvalue weighted by atomic mass is 10.0. The molecule has 0 heterocycles. The summed E-state index contributed by atoms with van der Waals surface area (Å²) in [7, 11) is 0. The van der Waals surface area contributed by atoms with Crippen LogP contribution in [0.5, 0.6) is 0 Å². The van der Waals surface area contributed by atoms with Crippen LogP contribution in [0.1, 0.15) is 38.3 Å². The van der Waals surface area contributed by atoms with Gasteiger partial charge < -0.3 is 10.1 Å². The predicted molar refractivity (Wildman–Crippen MR) is 68.9 cm³/mol. The number of nitrogens with one attached hydrogen (secondary N) is 1. The number of rotatable bonds is 6. The van der Waals surface area contributed by atoms with Crippen molar-refractivity contribution in [1.29, 1.82) is 0 Å². The quantitative estimate of drug-likeness (QED) is 0.786. The molecule has 1 aromatic carbocycles. The zero-order valence-corrected chi connectivity index (χ0v) is 10.8. The number of hydrogen-bond acceptors (Lipinski definition) is 3. The van der Waals surface area contributed by atoms with Crippen molar-refractivity contribution in [1.82, 2.24) is 5.32 Å². The summed E-state index contributed by atoms with van der Waals surface area (Å²) >= 11 is 0. The Bertz CT molecular complexity index is 389. The van der Waals surface area contributed by atoms with Gasteiger partial charge in [-0.25, -0.2) is 0 Å². The molecular weight excluding hydrogens is 230 g/mol. The first-order valence-electron chi connectivity index (χ1n) is 6.11. The van der Waals surface area contributed by atoms with E-state index in [2.05, 4.69) is 5.32 Å². The highest BCUT2D eigenvalue weighted by Gasteiger charge is 2.17. The van der Waals surface area contributed by atoms with Gasteiger partial charge in [-0.2, -0.15) is 0 Å². The van der Waals surface area contributed by atoms with Crippen molar-refractivity contribution in [3.8, 4) is 0 Å². The number of hydrogen-bond donors (Lipinski definition) is 1. The fourth-order valence-corrected chi connectivity index (χ4v) is 1.62. The van der Waals surface area contributed by atoms with Crippen molar-refractivity contribution in [2.45, 2.75) is 32.7 Å². The van der Waals surface area contributed by atoms with Gasteiger partial charge in [-0.05, 0) is 12.0 Å². The highest BCUT2D eigenvalue weighted by molar-refractivity contribution is 5.76. The van der Waals surface area contributed by atoms with E-state index in [0.29, 0.717) is 6.61 Å². The van der Waals surface area contributed by atoms with Crippen LogP contribution in [0.2, 0.25) is 0 Å². The number of benzene rings is 1. The highest BCUT2D eigenvalue weighted by Crippen LogP contribution is 2.17. The normalized spacial score (nSPS) is 11.7. The molecule has 0 aliphatic rings. The molecule has 1 N–H and O–H groups in total. The van der Waals surface area contributed by atoms with E-state index in [1.807, 2.05) is 37.3 Å². The summed E-state index contributed by atoms with van der Waals surface area (Å²) in [5.41, 5.74) is 0.904. The average Bonchev–Trinajstić information content (AvgIpc) is 2.36. The Labute approximate surface area is 107 Å². The molecule has 0 bridgehead atoms. The molecule has 0 fully saturated rings. The second-order valence-corrected chi connectivity index (χ2v) is 4.09. The first kappa shape index (κ1) is 14.2. The topological polar surface area (TPSA) is 55.4 Å². The van der Waals surface area contributed by atoms with Crippen LogP contribution < -0.4 is 5.32 Å². The number of carbonyl (C=O) groups excluding carboxylic acids is 2. The summed E-state index contributed by atoms with van der Waals surface area (Å²) in [5, 5.41) is 2.76. The average molecular weight is 249 g/mol. The van der Waals surface area contributed by atoms with Gasteiger partial charge in [-0.15, -0.1) is 0 Å². The maximum absolute atomic E-state index is 11.6. The summed E-state index contributed by atoms with van der Waals surface area (Å²) in [6, 6.07) is 9.09. The standard InChI is InChI=1S/C14H19NO3/c1-3-9-18-14(17)10-13(15-11(2)16)12-7-5-4-6-8-12/h4-8,13H,3,9-10H2,1-2H3,(H,15,16)/t13-/m1/s1. The van der Waals surface area contributed by atoms with Gasteiger partial charge in [-0.3, -0.25) is 9.59 Å². The monoisotopic (exact) mass is 249 g/mol. The van der Waals surface area contributed by atoms with Crippen LogP contribution >= 0.6 is 0 Å². The largest absolute Gasteiger partial charge is 0.466 e. The minimum absolute atomic E-state index is 0.156. The molecule has 0 spiro atoms. The Hall–Kier alpha value is -1.84. The molecule has 1 aromatic rings. The van der Waals surface area contributed by atoms with Gasteiger partial charge in [0.1, 0.15) is 0 Å². The first-order chi connectivity index (χ1) is 8.63. The highest BCUT2D eigenvalue weighted by atomic mass is 16.5. The zero-order valence-electron chi connectivity index (χ0n) is 10.8. The first-order valence-corrected chi connectivity index (χ1v) is 6.11. The summed E-state index contributed by atoms with van der Waals surface area (Å²) in [6.45, 7) is 3.80. The van der Waals surface area contributed by atoms with Gasteiger partial charge in [0.25, 0.3) is 0 Å². The lowest BCUT2D eigenvalue weighted by molar-refractivity contribution is -0.144. The zero-order chi connectivity index (χ0) is 13.4. The molecule has 1 rings (SSSR count). The number of ether oxygens (including phenoxy) is 1. The maximum Gasteiger partial charge on any atom is 0.308 e. The third kappa shape index (κ3) is 4.99. The lowest BCUT2D eigenvalue weighted by Gasteiger charge is -2.17. The van der Waals surface area contributed by atoms with E-state index >= 15 is 0 Å². The molecule has 0 radical (unpaired) electrons. The third-order valence-electron chi connectivity index (χ3n) is 2.42. The Morgan fingerprint density at radius 2 is 1.94 bits per heavy atom. The summed E-state index contributed by atoms with van der Waals surface area (Å²) in [6.07, 6.45) is 0.950. The van der Waals surface area contributed by atoms with E-state index in [1.165, 1.54) is 6.92 Å². The molecule has 0 aliphatic heterocycles. The van der Waals surface area contributed by atoms with Crippen molar-refractivity contribution in [2.75, 3.05) is 6.61 Å². The molecular formula is C14H19NO3. The summed E-state index contributed by atoms with van der Waals surface area (Å²) in [5.74, 6) is -0.452. The fourth-order valence-electron chi connectivity index (χ4n) is 1.62. The van der Waals surface area contributed by atoms with E-state index in [-0.39, 0.29) is 24.3 Å². The number of carbonyl (C=O) groups is 2. The Morgan fingerprint density at radius 1 is 1.28 bits per heavy atom. The van der Waals surface area contributed by atoms with Crippen molar-refractivity contribution in [3.05, 3.63) is 35.9 Å². The smallest absolute Gasteiger partial charge is 0.308 e. The van der Waals surface area contributed by atoms with Crippen LogP contribution in [-0.4, -0.2) is 18.5 Å². The molecule has 1 amide bonds. The van der Waals surface area contributed by atoms with Crippen LogP contribution in [-0.2, 0) is 14.3 Å². The maximum atomic E-state index is 11.6. The molecule has 98 valence electrons. The van der Waals surface area contributed by atoms with Crippen LogP contribution in [0, 0.1) is 0 Å². The van der Waals surface area contributed by atoms with Gasteiger partial charge in [0.2, 0.25) is 5.91 Å².